The van der Waals surface area contributed by atoms with E-state index in [1.54, 1.807) is 46.3 Å². The molecule has 0 saturated carbocycles. The molecule has 0 unspecified atom stereocenters. The number of rotatable bonds is 6. The maximum Gasteiger partial charge on any atom is 0.276 e. The molecule has 0 fully saturated rings. The van der Waals surface area contributed by atoms with Crippen molar-refractivity contribution in [1.82, 2.24) is 29.3 Å². The highest BCUT2D eigenvalue weighted by Crippen LogP contribution is 2.14. The molecule has 10 nitrogen and oxygen atoms in total. The highest BCUT2D eigenvalue weighted by atomic mass is 16.2. The fourth-order valence-corrected chi connectivity index (χ4v) is 2.14. The lowest BCUT2D eigenvalue weighted by molar-refractivity contribution is 0.0995. The number of carbonyl (C=O) groups excluding carboxylic acids is 2. The van der Waals surface area contributed by atoms with Crippen LogP contribution in [0.15, 0.2) is 36.9 Å². The molecular weight excluding hydrogens is 312 g/mol. The highest BCUT2D eigenvalue weighted by Gasteiger charge is 2.18. The number of nitrogens with one attached hydrogen (secondary N) is 1. The number of nitrogens with zero attached hydrogens (tertiary/aromatic N) is 6. The Balaban J connectivity index is 1.74. The van der Waals surface area contributed by atoms with E-state index in [1.165, 1.54) is 4.68 Å². The van der Waals surface area contributed by atoms with E-state index < -0.39 is 11.8 Å². The minimum absolute atomic E-state index is 0.0150. The second kappa shape index (κ2) is 6.36. The molecule has 0 aliphatic heterocycles. The first-order valence-electron chi connectivity index (χ1n) is 7.26. The van der Waals surface area contributed by atoms with Gasteiger partial charge in [-0.15, -0.1) is 0 Å². The molecule has 0 bridgehead atoms. The summed E-state index contributed by atoms with van der Waals surface area (Å²) in [4.78, 5) is 23.7. The first kappa shape index (κ1) is 15.5. The molecule has 24 heavy (non-hydrogen) atoms. The van der Waals surface area contributed by atoms with Crippen molar-refractivity contribution in [3.05, 3.63) is 48.3 Å². The van der Waals surface area contributed by atoms with Gasteiger partial charge in [0, 0.05) is 31.3 Å². The van der Waals surface area contributed by atoms with Gasteiger partial charge in [-0.2, -0.15) is 15.3 Å². The van der Waals surface area contributed by atoms with Crippen molar-refractivity contribution in [3.8, 4) is 0 Å². The van der Waals surface area contributed by atoms with Gasteiger partial charge in [-0.05, 0) is 19.1 Å². The number of aromatic nitrogens is 6. The van der Waals surface area contributed by atoms with Crippen LogP contribution in [0.25, 0.3) is 0 Å². The molecule has 10 heteroatoms. The van der Waals surface area contributed by atoms with Crippen LogP contribution in [0.5, 0.6) is 0 Å². The molecule has 0 aromatic carbocycles. The number of hydrogen-bond donors (Lipinski definition) is 2. The standard InChI is InChI=1S/C14H16N8O2/c1-2-20-8-11(12(19-20)13(15)23)17-14(24)10-4-7-22(18-10)9-21-6-3-5-16-21/h3-8H,2,9H2,1H3,(H2,15,23)(H,17,24). The summed E-state index contributed by atoms with van der Waals surface area (Å²) in [5, 5.41) is 14.9. The Kier molecular flexibility index (Phi) is 4.10. The van der Waals surface area contributed by atoms with Crippen LogP contribution in [0.1, 0.15) is 27.9 Å². The minimum atomic E-state index is -0.707. The van der Waals surface area contributed by atoms with Crippen molar-refractivity contribution < 1.29 is 9.59 Å². The van der Waals surface area contributed by atoms with E-state index in [4.69, 9.17) is 5.73 Å². The molecule has 0 spiro atoms. The number of aryl methyl sites for hydroxylation is 1. The van der Waals surface area contributed by atoms with Crippen LogP contribution in [0.2, 0.25) is 0 Å². The average Bonchev–Trinajstić information content (AvgIpc) is 3.27. The van der Waals surface area contributed by atoms with Gasteiger partial charge in [-0.25, -0.2) is 0 Å². The molecule has 0 atom stereocenters. The molecule has 0 aliphatic carbocycles. The van der Waals surface area contributed by atoms with Gasteiger partial charge in [0.1, 0.15) is 6.67 Å². The Bertz CT molecular complexity index is 861. The minimum Gasteiger partial charge on any atom is -0.364 e. The van der Waals surface area contributed by atoms with Crippen LogP contribution < -0.4 is 11.1 Å². The Hall–Kier alpha value is -3.43. The Morgan fingerprint density at radius 2 is 2.04 bits per heavy atom. The summed E-state index contributed by atoms with van der Waals surface area (Å²) in [6.07, 6.45) is 6.67. The molecule has 124 valence electrons. The van der Waals surface area contributed by atoms with E-state index >= 15 is 0 Å². The summed E-state index contributed by atoms with van der Waals surface area (Å²) in [6, 6.07) is 3.38. The van der Waals surface area contributed by atoms with Crippen molar-refractivity contribution in [2.45, 2.75) is 20.1 Å². The summed E-state index contributed by atoms with van der Waals surface area (Å²) < 4.78 is 4.77. The predicted octanol–water partition coefficient (Wildman–Crippen LogP) is 0.153. The first-order chi connectivity index (χ1) is 11.6. The molecule has 0 saturated heterocycles. The molecular formula is C14H16N8O2. The van der Waals surface area contributed by atoms with Crippen LogP contribution >= 0.6 is 0 Å². The Labute approximate surface area is 136 Å². The zero-order valence-electron chi connectivity index (χ0n) is 13.0. The van der Waals surface area contributed by atoms with E-state index in [0.717, 1.165) is 0 Å². The van der Waals surface area contributed by atoms with Gasteiger partial charge in [0.15, 0.2) is 11.4 Å². The molecule has 3 aromatic heterocycles. The smallest absolute Gasteiger partial charge is 0.276 e. The van der Waals surface area contributed by atoms with Crippen LogP contribution in [0, 0.1) is 0 Å². The fraction of sp³-hybridized carbons (Fsp3) is 0.214. The average molecular weight is 328 g/mol. The molecule has 3 heterocycles. The van der Waals surface area contributed by atoms with E-state index in [0.29, 0.717) is 13.2 Å². The van der Waals surface area contributed by atoms with Crippen LogP contribution in [0.3, 0.4) is 0 Å². The second-order valence-corrected chi connectivity index (χ2v) is 4.99. The maximum atomic E-state index is 12.3. The number of amides is 2. The number of anilines is 1. The van der Waals surface area contributed by atoms with E-state index in [2.05, 4.69) is 20.6 Å². The molecule has 3 rings (SSSR count). The van der Waals surface area contributed by atoms with Crippen molar-refractivity contribution in [2.24, 2.45) is 5.73 Å². The second-order valence-electron chi connectivity index (χ2n) is 4.99. The third-order valence-electron chi connectivity index (χ3n) is 3.29. The fourth-order valence-electron chi connectivity index (χ4n) is 2.14. The lowest BCUT2D eigenvalue weighted by Gasteiger charge is -2.02. The SMILES string of the molecule is CCn1cc(NC(=O)c2ccn(Cn3cccn3)n2)c(C(N)=O)n1. The van der Waals surface area contributed by atoms with E-state index in [9.17, 15) is 9.59 Å². The summed E-state index contributed by atoms with van der Waals surface area (Å²) in [7, 11) is 0. The topological polar surface area (TPSA) is 126 Å². The van der Waals surface area contributed by atoms with Gasteiger partial charge in [0.2, 0.25) is 0 Å². The quantitative estimate of drug-likeness (QED) is 0.666. The summed E-state index contributed by atoms with van der Waals surface area (Å²) in [5.74, 6) is -1.16. The third-order valence-corrected chi connectivity index (χ3v) is 3.29. The van der Waals surface area contributed by atoms with Gasteiger partial charge >= 0.3 is 0 Å². The molecule has 3 N–H and O–H groups in total. The van der Waals surface area contributed by atoms with Crippen LogP contribution in [0.4, 0.5) is 5.69 Å². The number of hydrogen-bond acceptors (Lipinski definition) is 5. The summed E-state index contributed by atoms with van der Waals surface area (Å²) in [6.45, 7) is 2.80. The largest absolute Gasteiger partial charge is 0.364 e. The zero-order valence-corrected chi connectivity index (χ0v) is 13.0. The van der Waals surface area contributed by atoms with Crippen molar-refractivity contribution in [2.75, 3.05) is 5.32 Å². The predicted molar refractivity (Wildman–Crippen MR) is 84.2 cm³/mol. The van der Waals surface area contributed by atoms with Gasteiger partial charge < -0.3 is 11.1 Å². The molecule has 3 aromatic rings. The lowest BCUT2D eigenvalue weighted by Crippen LogP contribution is -2.18. The van der Waals surface area contributed by atoms with Gasteiger partial charge in [0.05, 0.1) is 5.69 Å². The summed E-state index contributed by atoms with van der Waals surface area (Å²) in [5.41, 5.74) is 5.77. The normalized spacial score (nSPS) is 10.7. The monoisotopic (exact) mass is 328 g/mol. The number of carbonyl (C=O) groups is 2. The lowest BCUT2D eigenvalue weighted by atomic mass is 10.3. The highest BCUT2D eigenvalue weighted by molar-refractivity contribution is 6.06. The summed E-state index contributed by atoms with van der Waals surface area (Å²) >= 11 is 0. The van der Waals surface area contributed by atoms with E-state index in [-0.39, 0.29) is 17.1 Å². The van der Waals surface area contributed by atoms with Gasteiger partial charge in [-0.3, -0.25) is 23.6 Å². The van der Waals surface area contributed by atoms with Crippen LogP contribution in [-0.4, -0.2) is 41.2 Å². The third kappa shape index (κ3) is 3.16. The van der Waals surface area contributed by atoms with Crippen molar-refractivity contribution in [3.63, 3.8) is 0 Å². The van der Waals surface area contributed by atoms with Crippen molar-refractivity contribution >= 4 is 17.5 Å². The van der Waals surface area contributed by atoms with Crippen molar-refractivity contribution in [1.29, 1.82) is 0 Å². The van der Waals surface area contributed by atoms with Gasteiger partial charge in [0.25, 0.3) is 11.8 Å². The number of primary amides is 1. The van der Waals surface area contributed by atoms with Crippen LogP contribution in [-0.2, 0) is 13.2 Å². The maximum absolute atomic E-state index is 12.3. The zero-order chi connectivity index (χ0) is 17.1. The molecule has 0 radical (unpaired) electrons. The van der Waals surface area contributed by atoms with Gasteiger partial charge in [-0.1, -0.05) is 0 Å². The Morgan fingerprint density at radius 1 is 1.21 bits per heavy atom. The van der Waals surface area contributed by atoms with E-state index in [1.807, 2.05) is 6.92 Å². The number of nitrogens with two attached hydrogens (primary N) is 1. The molecule has 2 amide bonds. The first-order valence-corrected chi connectivity index (χ1v) is 7.26. The Morgan fingerprint density at radius 3 is 2.71 bits per heavy atom. The molecule has 0 aliphatic rings.